The molecule has 2 fully saturated rings. The predicted molar refractivity (Wildman–Crippen MR) is 139 cm³/mol. The van der Waals surface area contributed by atoms with Gasteiger partial charge in [0.05, 0.1) is 34.8 Å². The van der Waals surface area contributed by atoms with Gasteiger partial charge < -0.3 is 9.84 Å². The Labute approximate surface area is 215 Å². The van der Waals surface area contributed by atoms with Crippen LogP contribution in [-0.4, -0.2) is 26.9 Å². The lowest BCUT2D eigenvalue weighted by atomic mass is 9.57. The van der Waals surface area contributed by atoms with Crippen LogP contribution < -0.4 is 0 Å². The standard InChI is InChI=1S/C30H29N3O4/c1-27(2,3)30-28(4,5)18-35-29(30,36-37-30)20-12-15-22(25(34)16-20)26-32-23-8-6-7-9-24(23)33(26)21-13-10-19(17-31)11-14-21/h6-16,34H,18H2,1-5H3. The fraction of sp³-hybridized carbons (Fsp3) is 0.333. The second kappa shape index (κ2) is 7.65. The van der Waals surface area contributed by atoms with Crippen molar-refractivity contribution in [3.8, 4) is 28.9 Å². The van der Waals surface area contributed by atoms with E-state index in [0.29, 0.717) is 29.1 Å². The molecule has 2 atom stereocenters. The van der Waals surface area contributed by atoms with Crippen molar-refractivity contribution >= 4 is 11.0 Å². The van der Waals surface area contributed by atoms with Gasteiger partial charge in [0.1, 0.15) is 11.6 Å². The van der Waals surface area contributed by atoms with E-state index in [0.717, 1.165) is 16.7 Å². The van der Waals surface area contributed by atoms with Crippen LogP contribution in [0.3, 0.4) is 0 Å². The van der Waals surface area contributed by atoms with E-state index in [1.54, 1.807) is 18.2 Å². The molecule has 2 aliphatic heterocycles. The summed E-state index contributed by atoms with van der Waals surface area (Å²) < 4.78 is 8.32. The Morgan fingerprint density at radius 1 is 1.00 bits per heavy atom. The number of fused-ring (bicyclic) bond motifs is 2. The van der Waals surface area contributed by atoms with E-state index in [2.05, 4.69) is 40.7 Å². The minimum absolute atomic E-state index is 0.0590. The first-order valence-electron chi connectivity index (χ1n) is 12.4. The van der Waals surface area contributed by atoms with E-state index in [4.69, 9.17) is 19.5 Å². The molecule has 2 saturated heterocycles. The fourth-order valence-corrected chi connectivity index (χ4v) is 6.32. The van der Waals surface area contributed by atoms with E-state index in [1.165, 1.54) is 0 Å². The van der Waals surface area contributed by atoms with E-state index in [1.807, 2.05) is 53.1 Å². The highest BCUT2D eigenvalue weighted by atomic mass is 17.3. The molecule has 0 saturated carbocycles. The lowest BCUT2D eigenvalue weighted by Gasteiger charge is -2.61. The van der Waals surface area contributed by atoms with Crippen molar-refractivity contribution in [2.45, 2.75) is 46.0 Å². The lowest BCUT2D eigenvalue weighted by Crippen LogP contribution is -2.73. The molecule has 0 amide bonds. The van der Waals surface area contributed by atoms with Crippen molar-refractivity contribution in [2.75, 3.05) is 6.61 Å². The molecule has 2 aliphatic rings. The normalized spacial score (nSPS) is 24.4. The van der Waals surface area contributed by atoms with Gasteiger partial charge >= 0.3 is 0 Å². The van der Waals surface area contributed by atoms with Crippen molar-refractivity contribution in [2.24, 2.45) is 10.8 Å². The zero-order chi connectivity index (χ0) is 26.2. The first-order chi connectivity index (χ1) is 17.5. The first kappa shape index (κ1) is 23.7. The molecule has 1 aromatic heterocycles. The van der Waals surface area contributed by atoms with Crippen molar-refractivity contribution in [1.82, 2.24) is 9.55 Å². The molecule has 0 aliphatic carbocycles. The highest BCUT2D eigenvalue weighted by Gasteiger charge is 2.81. The third kappa shape index (κ3) is 3.01. The van der Waals surface area contributed by atoms with Crippen molar-refractivity contribution in [3.63, 3.8) is 0 Å². The van der Waals surface area contributed by atoms with Gasteiger partial charge in [-0.25, -0.2) is 9.87 Å². The van der Waals surface area contributed by atoms with E-state index >= 15 is 0 Å². The number of hydrogen-bond acceptors (Lipinski definition) is 6. The molecule has 2 unspecified atom stereocenters. The molecule has 6 rings (SSSR count). The molecule has 1 N–H and O–H groups in total. The van der Waals surface area contributed by atoms with Gasteiger partial charge in [0.25, 0.3) is 5.79 Å². The highest BCUT2D eigenvalue weighted by molar-refractivity contribution is 5.84. The summed E-state index contributed by atoms with van der Waals surface area (Å²) in [5.74, 6) is -0.477. The molecule has 0 bridgehead atoms. The summed E-state index contributed by atoms with van der Waals surface area (Å²) in [4.78, 5) is 16.6. The van der Waals surface area contributed by atoms with Crippen LogP contribution in [0.15, 0.2) is 66.7 Å². The van der Waals surface area contributed by atoms with E-state index < -0.39 is 11.4 Å². The Morgan fingerprint density at radius 2 is 1.73 bits per heavy atom. The molecule has 7 heteroatoms. The largest absolute Gasteiger partial charge is 0.507 e. The van der Waals surface area contributed by atoms with Crippen LogP contribution in [0.1, 0.15) is 45.7 Å². The van der Waals surface area contributed by atoms with Gasteiger partial charge in [-0.3, -0.25) is 4.57 Å². The molecular formula is C30H29N3O4. The monoisotopic (exact) mass is 495 g/mol. The number of para-hydroxylation sites is 2. The summed E-state index contributed by atoms with van der Waals surface area (Å²) in [6.45, 7) is 11.1. The molecule has 7 nitrogen and oxygen atoms in total. The first-order valence-corrected chi connectivity index (χ1v) is 12.4. The lowest BCUT2D eigenvalue weighted by molar-refractivity contribution is -0.626. The smallest absolute Gasteiger partial charge is 0.261 e. The Hall–Kier alpha value is -3.70. The van der Waals surface area contributed by atoms with Gasteiger partial charge in [0.15, 0.2) is 5.60 Å². The van der Waals surface area contributed by atoms with Gasteiger partial charge in [-0.05, 0) is 48.5 Å². The third-order valence-corrected chi connectivity index (χ3v) is 7.83. The predicted octanol–water partition coefficient (Wildman–Crippen LogP) is 6.23. The number of rotatable bonds is 3. The number of phenols is 1. The highest BCUT2D eigenvalue weighted by Crippen LogP contribution is 2.69. The molecular weight excluding hydrogens is 466 g/mol. The molecule has 4 aromatic rings. The number of aromatic hydroxyl groups is 1. The second-order valence-electron chi connectivity index (χ2n) is 11.5. The number of aromatic nitrogens is 2. The van der Waals surface area contributed by atoms with Crippen molar-refractivity contribution in [3.05, 3.63) is 77.9 Å². The van der Waals surface area contributed by atoms with Crippen LogP contribution in [0.4, 0.5) is 0 Å². The summed E-state index contributed by atoms with van der Waals surface area (Å²) in [6.07, 6.45) is 0. The Kier molecular flexibility index (Phi) is 4.90. The second-order valence-corrected chi connectivity index (χ2v) is 11.5. The third-order valence-electron chi connectivity index (χ3n) is 7.83. The van der Waals surface area contributed by atoms with Gasteiger partial charge in [-0.2, -0.15) is 10.1 Å². The number of benzene rings is 3. The summed E-state index contributed by atoms with van der Waals surface area (Å²) >= 11 is 0. The van der Waals surface area contributed by atoms with Crippen LogP contribution in [0.25, 0.3) is 28.1 Å². The van der Waals surface area contributed by atoms with Crippen LogP contribution >= 0.6 is 0 Å². The van der Waals surface area contributed by atoms with Crippen LogP contribution in [0, 0.1) is 22.2 Å². The molecule has 3 heterocycles. The van der Waals surface area contributed by atoms with Gasteiger partial charge in [-0.15, -0.1) is 0 Å². The Bertz CT molecular complexity index is 1580. The minimum Gasteiger partial charge on any atom is -0.507 e. The van der Waals surface area contributed by atoms with Gasteiger partial charge in [0, 0.05) is 22.1 Å². The average Bonchev–Trinajstić information content (AvgIpc) is 3.29. The number of hydrogen-bond donors (Lipinski definition) is 1. The fourth-order valence-electron chi connectivity index (χ4n) is 6.32. The summed E-state index contributed by atoms with van der Waals surface area (Å²) in [5, 5.41) is 20.6. The maximum atomic E-state index is 11.4. The zero-order valence-corrected chi connectivity index (χ0v) is 21.6. The number of nitrogens with zero attached hydrogens (tertiary/aromatic N) is 3. The van der Waals surface area contributed by atoms with E-state index in [9.17, 15) is 10.4 Å². The Morgan fingerprint density at radius 3 is 2.35 bits per heavy atom. The quantitative estimate of drug-likeness (QED) is 0.339. The molecule has 0 spiro atoms. The maximum absolute atomic E-state index is 11.4. The minimum atomic E-state index is -1.13. The summed E-state index contributed by atoms with van der Waals surface area (Å²) in [6, 6.07) is 22.7. The molecule has 3 aromatic carbocycles. The number of phenolic OH excluding ortho intramolecular Hbond substituents is 1. The number of ether oxygens (including phenoxy) is 1. The van der Waals surface area contributed by atoms with Crippen molar-refractivity contribution in [1.29, 1.82) is 5.26 Å². The van der Waals surface area contributed by atoms with E-state index in [-0.39, 0.29) is 16.6 Å². The van der Waals surface area contributed by atoms with Crippen molar-refractivity contribution < 1.29 is 19.6 Å². The topological polar surface area (TPSA) is 89.5 Å². The Balaban J connectivity index is 1.50. The van der Waals surface area contributed by atoms with Gasteiger partial charge in [0.2, 0.25) is 0 Å². The average molecular weight is 496 g/mol. The van der Waals surface area contributed by atoms with Crippen LogP contribution in [-0.2, 0) is 20.3 Å². The maximum Gasteiger partial charge on any atom is 0.261 e. The molecule has 188 valence electrons. The SMILES string of the molecule is CC(C)(C)C12OOC1(c1ccc(-c3nc4ccccc4n3-c3ccc(C#N)cc3)c(O)c1)OCC2(C)C. The summed E-state index contributed by atoms with van der Waals surface area (Å²) in [5.41, 5.74) is 3.01. The van der Waals surface area contributed by atoms with Crippen LogP contribution in [0.2, 0.25) is 0 Å². The van der Waals surface area contributed by atoms with Crippen LogP contribution in [0.5, 0.6) is 5.75 Å². The number of imidazole rings is 1. The zero-order valence-electron chi connectivity index (χ0n) is 21.6. The molecule has 0 radical (unpaired) electrons. The molecule has 37 heavy (non-hydrogen) atoms. The number of nitriles is 1. The van der Waals surface area contributed by atoms with Gasteiger partial charge in [-0.1, -0.05) is 52.8 Å². The summed E-state index contributed by atoms with van der Waals surface area (Å²) in [7, 11) is 0.